The maximum atomic E-state index is 12.2. The van der Waals surface area contributed by atoms with Crippen molar-refractivity contribution in [2.75, 3.05) is 20.1 Å². The van der Waals surface area contributed by atoms with E-state index in [-0.39, 0.29) is 24.4 Å². The molecule has 0 aromatic carbocycles. The van der Waals surface area contributed by atoms with Crippen molar-refractivity contribution in [3.8, 4) is 0 Å². The van der Waals surface area contributed by atoms with Gasteiger partial charge in [0.25, 0.3) is 11.8 Å². The molecule has 0 atom stereocenters. The van der Waals surface area contributed by atoms with Gasteiger partial charge in [0.2, 0.25) is 0 Å². The molecule has 2 heterocycles. The van der Waals surface area contributed by atoms with Crippen LogP contribution in [0.2, 0.25) is 0 Å². The summed E-state index contributed by atoms with van der Waals surface area (Å²) >= 11 is 0. The molecular formula is C23H35N5O3. The summed E-state index contributed by atoms with van der Waals surface area (Å²) in [6.07, 6.45) is 11.6. The number of aldehydes is 1. The van der Waals surface area contributed by atoms with E-state index in [0.717, 1.165) is 18.3 Å². The van der Waals surface area contributed by atoms with E-state index in [9.17, 15) is 14.4 Å². The van der Waals surface area contributed by atoms with Gasteiger partial charge in [0.05, 0.1) is 12.4 Å². The molecule has 0 aromatic heterocycles. The van der Waals surface area contributed by atoms with Crippen molar-refractivity contribution in [2.45, 2.75) is 46.6 Å². The van der Waals surface area contributed by atoms with Gasteiger partial charge >= 0.3 is 0 Å². The predicted molar refractivity (Wildman–Crippen MR) is 123 cm³/mol. The van der Waals surface area contributed by atoms with Gasteiger partial charge in [0, 0.05) is 30.9 Å². The molecule has 2 amide bonds. The molecule has 2 aliphatic rings. The SMILES string of the molecule is CC(C)N1C(=O)C2=C(C1=O)N(CC=O)CCC2.C\C=C/C(=C\C)C(/N)=C/C=C(\N)NC. The van der Waals surface area contributed by atoms with Crippen LogP contribution in [0.4, 0.5) is 0 Å². The molecule has 8 heteroatoms. The molecule has 170 valence electrons. The first kappa shape index (κ1) is 25.7. The highest BCUT2D eigenvalue weighted by molar-refractivity contribution is 6.19. The van der Waals surface area contributed by atoms with Crippen LogP contribution in [0.3, 0.4) is 0 Å². The Hall–Kier alpha value is -3.29. The van der Waals surface area contributed by atoms with Crippen LogP contribution in [0.5, 0.6) is 0 Å². The van der Waals surface area contributed by atoms with E-state index in [1.807, 2.05) is 45.9 Å². The van der Waals surface area contributed by atoms with Crippen molar-refractivity contribution < 1.29 is 14.4 Å². The Morgan fingerprint density at radius 1 is 1.16 bits per heavy atom. The van der Waals surface area contributed by atoms with Crippen LogP contribution < -0.4 is 16.8 Å². The molecule has 0 radical (unpaired) electrons. The molecule has 2 rings (SSSR count). The Labute approximate surface area is 185 Å². The number of rotatable bonds is 7. The average Bonchev–Trinajstić information content (AvgIpc) is 3.01. The van der Waals surface area contributed by atoms with Crippen LogP contribution in [0, 0.1) is 0 Å². The van der Waals surface area contributed by atoms with Gasteiger partial charge in [0.1, 0.15) is 12.0 Å². The standard InChI is InChI=1S/C12H16N2O3.C11H19N3/c1-8(2)14-11(16)9-4-3-5-13(6-7-15)10(9)12(14)17;1-4-6-9(5-2)10(12)7-8-11(13)14-3/h7-8H,3-6H2,1-2H3;4-8,14H,12-13H2,1-3H3/b;6-4-,9-5+,10-7-,11-8+. The van der Waals surface area contributed by atoms with Crippen molar-refractivity contribution >= 4 is 18.1 Å². The third kappa shape index (κ3) is 6.60. The van der Waals surface area contributed by atoms with Crippen molar-refractivity contribution in [1.29, 1.82) is 0 Å². The third-order valence-electron chi connectivity index (χ3n) is 4.89. The second kappa shape index (κ2) is 12.4. The van der Waals surface area contributed by atoms with Crippen LogP contribution in [0.25, 0.3) is 0 Å². The maximum absolute atomic E-state index is 12.2. The molecule has 0 fully saturated rings. The number of nitrogens with one attached hydrogen (secondary N) is 1. The van der Waals surface area contributed by atoms with E-state index in [2.05, 4.69) is 5.32 Å². The monoisotopic (exact) mass is 429 g/mol. The van der Waals surface area contributed by atoms with Crippen molar-refractivity contribution in [3.63, 3.8) is 0 Å². The van der Waals surface area contributed by atoms with Gasteiger partial charge in [-0.1, -0.05) is 18.2 Å². The lowest BCUT2D eigenvalue weighted by Gasteiger charge is -2.27. The van der Waals surface area contributed by atoms with E-state index in [1.54, 1.807) is 24.1 Å². The zero-order valence-corrected chi connectivity index (χ0v) is 19.1. The second-order valence-electron chi connectivity index (χ2n) is 7.36. The van der Waals surface area contributed by atoms with E-state index < -0.39 is 0 Å². The summed E-state index contributed by atoms with van der Waals surface area (Å²) in [6, 6.07) is -0.140. The first-order valence-corrected chi connectivity index (χ1v) is 10.4. The summed E-state index contributed by atoms with van der Waals surface area (Å²) in [6.45, 7) is 8.39. The molecule has 31 heavy (non-hydrogen) atoms. The summed E-state index contributed by atoms with van der Waals surface area (Å²) in [7, 11) is 1.76. The van der Waals surface area contributed by atoms with E-state index >= 15 is 0 Å². The minimum Gasteiger partial charge on any atom is -0.398 e. The fourth-order valence-electron chi connectivity index (χ4n) is 3.33. The number of carbonyl (C=O) groups is 3. The highest BCUT2D eigenvalue weighted by Crippen LogP contribution is 2.31. The van der Waals surface area contributed by atoms with Crippen LogP contribution in [0.15, 0.2) is 58.7 Å². The first-order chi connectivity index (χ1) is 14.7. The number of nitrogens with two attached hydrogens (primary N) is 2. The largest absolute Gasteiger partial charge is 0.398 e. The number of hydrogen-bond donors (Lipinski definition) is 3. The Kier molecular flexibility index (Phi) is 10.3. The summed E-state index contributed by atoms with van der Waals surface area (Å²) in [4.78, 5) is 37.8. The van der Waals surface area contributed by atoms with Gasteiger partial charge in [-0.05, 0) is 58.3 Å². The van der Waals surface area contributed by atoms with E-state index in [1.165, 1.54) is 4.90 Å². The lowest BCUT2D eigenvalue weighted by Crippen LogP contribution is -2.39. The van der Waals surface area contributed by atoms with Crippen LogP contribution in [-0.2, 0) is 14.4 Å². The molecule has 0 saturated heterocycles. The molecular weight excluding hydrogens is 394 g/mol. The number of amides is 2. The average molecular weight is 430 g/mol. The molecule has 0 aliphatic carbocycles. The molecule has 0 unspecified atom stereocenters. The third-order valence-corrected chi connectivity index (χ3v) is 4.89. The minimum atomic E-state index is -0.249. The zero-order valence-electron chi connectivity index (χ0n) is 19.1. The summed E-state index contributed by atoms with van der Waals surface area (Å²) in [5.74, 6) is 0.154. The summed E-state index contributed by atoms with van der Waals surface area (Å²) < 4.78 is 0. The lowest BCUT2D eigenvalue weighted by atomic mass is 10.0. The zero-order chi connectivity index (χ0) is 23.6. The van der Waals surface area contributed by atoms with Gasteiger partial charge in [-0.25, -0.2) is 0 Å². The predicted octanol–water partition coefficient (Wildman–Crippen LogP) is 1.68. The normalized spacial score (nSPS) is 17.9. The highest BCUT2D eigenvalue weighted by Gasteiger charge is 2.43. The van der Waals surface area contributed by atoms with Crippen LogP contribution >= 0.6 is 0 Å². The molecule has 0 saturated carbocycles. The number of hydrogen-bond acceptors (Lipinski definition) is 7. The Morgan fingerprint density at radius 2 is 1.84 bits per heavy atom. The minimum absolute atomic E-state index is 0.140. The van der Waals surface area contributed by atoms with Crippen molar-refractivity contribution in [1.82, 2.24) is 15.1 Å². The van der Waals surface area contributed by atoms with Gasteiger partial charge in [0.15, 0.2) is 0 Å². The van der Waals surface area contributed by atoms with Crippen LogP contribution in [0.1, 0.15) is 40.5 Å². The number of nitrogens with zero attached hydrogens (tertiary/aromatic N) is 2. The van der Waals surface area contributed by atoms with E-state index in [0.29, 0.717) is 35.8 Å². The topological polar surface area (TPSA) is 122 Å². The molecule has 2 aliphatic heterocycles. The van der Waals surface area contributed by atoms with Crippen LogP contribution in [-0.4, -0.2) is 54.1 Å². The lowest BCUT2D eigenvalue weighted by molar-refractivity contribution is -0.140. The maximum Gasteiger partial charge on any atom is 0.277 e. The Balaban J connectivity index is 0.000000318. The quantitative estimate of drug-likeness (QED) is 0.320. The van der Waals surface area contributed by atoms with E-state index in [4.69, 9.17) is 11.5 Å². The first-order valence-electron chi connectivity index (χ1n) is 10.4. The summed E-state index contributed by atoms with van der Waals surface area (Å²) in [5, 5.41) is 2.81. The number of carbonyl (C=O) groups excluding carboxylic acids is 3. The fraction of sp³-hybridized carbons (Fsp3) is 0.435. The van der Waals surface area contributed by atoms with Crippen molar-refractivity contribution in [3.05, 3.63) is 58.7 Å². The molecule has 8 nitrogen and oxygen atoms in total. The molecule has 0 spiro atoms. The number of allylic oxidation sites excluding steroid dienone is 5. The molecule has 0 bridgehead atoms. The highest BCUT2D eigenvalue weighted by atomic mass is 16.2. The van der Waals surface area contributed by atoms with Gasteiger partial charge in [-0.2, -0.15) is 0 Å². The Bertz CT molecular complexity index is 834. The number of imide groups is 1. The smallest absolute Gasteiger partial charge is 0.277 e. The van der Waals surface area contributed by atoms with Gasteiger partial charge in [-0.15, -0.1) is 0 Å². The van der Waals surface area contributed by atoms with Crippen molar-refractivity contribution in [2.24, 2.45) is 11.5 Å². The van der Waals surface area contributed by atoms with Gasteiger partial charge < -0.3 is 26.5 Å². The molecule has 5 N–H and O–H groups in total. The Morgan fingerprint density at radius 3 is 2.35 bits per heavy atom. The molecule has 0 aromatic rings. The van der Waals surface area contributed by atoms with Gasteiger partial charge in [-0.3, -0.25) is 14.5 Å². The second-order valence-corrected chi connectivity index (χ2v) is 7.36. The fourth-order valence-corrected chi connectivity index (χ4v) is 3.33. The summed E-state index contributed by atoms with van der Waals surface area (Å²) in [5.41, 5.74) is 14.1.